The molecule has 1 fully saturated rings. The predicted molar refractivity (Wildman–Crippen MR) is 66.2 cm³/mol. The number of halogens is 1. The lowest BCUT2D eigenvalue weighted by Gasteiger charge is -2.26. The minimum Gasteiger partial charge on any atom is -0.494 e. The van der Waals surface area contributed by atoms with Crippen LogP contribution in [0.2, 0.25) is 0 Å². The van der Waals surface area contributed by atoms with Crippen LogP contribution in [0.1, 0.15) is 18.4 Å². The number of aliphatic hydroxyl groups excluding tert-OH is 1. The Kier molecular flexibility index (Phi) is 4.55. The van der Waals surface area contributed by atoms with Crippen molar-refractivity contribution in [2.75, 3.05) is 20.3 Å². The van der Waals surface area contributed by atoms with Gasteiger partial charge >= 0.3 is 0 Å². The van der Waals surface area contributed by atoms with Crippen LogP contribution in [0, 0.1) is 11.7 Å². The molecule has 1 saturated heterocycles. The number of rotatable bonds is 4. The fourth-order valence-corrected chi connectivity index (χ4v) is 2.33. The first-order valence-corrected chi connectivity index (χ1v) is 6.29. The van der Waals surface area contributed by atoms with Crippen LogP contribution >= 0.6 is 0 Å². The molecule has 1 heterocycles. The second-order valence-corrected chi connectivity index (χ2v) is 4.68. The van der Waals surface area contributed by atoms with Gasteiger partial charge in [-0.1, -0.05) is 12.1 Å². The van der Waals surface area contributed by atoms with Crippen molar-refractivity contribution in [3.63, 3.8) is 0 Å². The summed E-state index contributed by atoms with van der Waals surface area (Å²) in [5, 5.41) is 10.1. The molecule has 1 aliphatic rings. The average Bonchev–Trinajstić information content (AvgIpc) is 2.42. The largest absolute Gasteiger partial charge is 0.494 e. The normalized spacial score (nSPS) is 21.6. The van der Waals surface area contributed by atoms with E-state index in [1.165, 1.54) is 7.11 Å². The van der Waals surface area contributed by atoms with Crippen molar-refractivity contribution in [2.45, 2.75) is 25.4 Å². The number of hydrogen-bond donors (Lipinski definition) is 1. The third-order valence-electron chi connectivity index (χ3n) is 3.43. The van der Waals surface area contributed by atoms with E-state index in [2.05, 4.69) is 0 Å². The first-order chi connectivity index (χ1) is 8.72. The van der Waals surface area contributed by atoms with Gasteiger partial charge < -0.3 is 14.6 Å². The fraction of sp³-hybridized carbons (Fsp3) is 0.571. The van der Waals surface area contributed by atoms with Crippen LogP contribution in [0.3, 0.4) is 0 Å². The van der Waals surface area contributed by atoms with Crippen molar-refractivity contribution in [1.82, 2.24) is 0 Å². The quantitative estimate of drug-likeness (QED) is 0.895. The Bertz CT molecular complexity index is 389. The lowest BCUT2D eigenvalue weighted by atomic mass is 9.91. The van der Waals surface area contributed by atoms with Crippen molar-refractivity contribution in [1.29, 1.82) is 0 Å². The van der Waals surface area contributed by atoms with Crippen LogP contribution < -0.4 is 4.74 Å². The Morgan fingerprint density at radius 1 is 1.56 bits per heavy atom. The summed E-state index contributed by atoms with van der Waals surface area (Å²) in [6.45, 7) is 1.32. The molecular formula is C14H19FO3. The minimum absolute atomic E-state index is 0.101. The van der Waals surface area contributed by atoms with Crippen LogP contribution in [0.15, 0.2) is 18.2 Å². The lowest BCUT2D eigenvalue weighted by molar-refractivity contribution is -0.00875. The standard InChI is InChI=1S/C14H19FO3/c1-17-13-6-2-4-10(14(13)15)8-12(16)11-5-3-7-18-9-11/h2,4,6,11-12,16H,3,5,7-9H2,1H3. The number of benzene rings is 1. The van der Waals surface area contributed by atoms with Gasteiger partial charge in [0.1, 0.15) is 0 Å². The van der Waals surface area contributed by atoms with Gasteiger partial charge in [0.15, 0.2) is 11.6 Å². The molecule has 0 amide bonds. The maximum absolute atomic E-state index is 13.9. The molecule has 2 rings (SSSR count). The molecule has 3 nitrogen and oxygen atoms in total. The summed E-state index contributed by atoms with van der Waals surface area (Å²) in [6, 6.07) is 5.00. The molecule has 2 unspecified atom stereocenters. The summed E-state index contributed by atoms with van der Waals surface area (Å²) in [5.74, 6) is -0.0558. The van der Waals surface area contributed by atoms with E-state index in [1.807, 2.05) is 0 Å². The maximum Gasteiger partial charge on any atom is 0.168 e. The van der Waals surface area contributed by atoms with E-state index in [1.54, 1.807) is 18.2 Å². The van der Waals surface area contributed by atoms with Crippen molar-refractivity contribution in [3.8, 4) is 5.75 Å². The van der Waals surface area contributed by atoms with Crippen molar-refractivity contribution in [2.24, 2.45) is 5.92 Å². The van der Waals surface area contributed by atoms with Gasteiger partial charge in [0, 0.05) is 18.9 Å². The van der Waals surface area contributed by atoms with E-state index in [0.29, 0.717) is 18.6 Å². The molecule has 1 aromatic carbocycles. The molecule has 18 heavy (non-hydrogen) atoms. The highest BCUT2D eigenvalue weighted by Gasteiger charge is 2.23. The monoisotopic (exact) mass is 254 g/mol. The molecule has 1 N–H and O–H groups in total. The van der Waals surface area contributed by atoms with Gasteiger partial charge in [-0.15, -0.1) is 0 Å². The summed E-state index contributed by atoms with van der Waals surface area (Å²) in [7, 11) is 1.44. The van der Waals surface area contributed by atoms with E-state index in [4.69, 9.17) is 9.47 Å². The molecule has 2 atom stereocenters. The Labute approximate surface area is 107 Å². The summed E-state index contributed by atoms with van der Waals surface area (Å²) >= 11 is 0. The van der Waals surface area contributed by atoms with Crippen molar-refractivity contribution in [3.05, 3.63) is 29.6 Å². The van der Waals surface area contributed by atoms with E-state index in [0.717, 1.165) is 19.4 Å². The molecule has 0 radical (unpaired) electrons. The molecular weight excluding hydrogens is 235 g/mol. The highest BCUT2D eigenvalue weighted by atomic mass is 19.1. The molecule has 100 valence electrons. The Balaban J connectivity index is 2.04. The average molecular weight is 254 g/mol. The number of ether oxygens (including phenoxy) is 2. The Morgan fingerprint density at radius 2 is 2.39 bits per heavy atom. The van der Waals surface area contributed by atoms with E-state index in [9.17, 15) is 9.50 Å². The van der Waals surface area contributed by atoms with Gasteiger partial charge in [-0.05, 0) is 24.5 Å². The second kappa shape index (κ2) is 6.16. The molecule has 0 spiro atoms. The highest BCUT2D eigenvalue weighted by Crippen LogP contribution is 2.24. The molecule has 0 aliphatic carbocycles. The smallest absolute Gasteiger partial charge is 0.168 e. The fourth-order valence-electron chi connectivity index (χ4n) is 2.33. The molecule has 0 aromatic heterocycles. The molecule has 4 heteroatoms. The van der Waals surface area contributed by atoms with Crippen molar-refractivity contribution >= 4 is 0 Å². The zero-order chi connectivity index (χ0) is 13.0. The van der Waals surface area contributed by atoms with Crippen LogP contribution in [0.25, 0.3) is 0 Å². The zero-order valence-corrected chi connectivity index (χ0v) is 10.6. The van der Waals surface area contributed by atoms with Gasteiger partial charge in [0.2, 0.25) is 0 Å². The molecule has 0 saturated carbocycles. The zero-order valence-electron chi connectivity index (χ0n) is 10.6. The number of methoxy groups -OCH3 is 1. The SMILES string of the molecule is COc1cccc(CC(O)C2CCCOC2)c1F. The summed E-state index contributed by atoms with van der Waals surface area (Å²) < 4.78 is 24.2. The third kappa shape index (κ3) is 3.00. The Morgan fingerprint density at radius 3 is 3.06 bits per heavy atom. The third-order valence-corrected chi connectivity index (χ3v) is 3.43. The Hall–Kier alpha value is -1.13. The van der Waals surface area contributed by atoms with Crippen LogP contribution in [0.5, 0.6) is 5.75 Å². The highest BCUT2D eigenvalue weighted by molar-refractivity contribution is 5.31. The van der Waals surface area contributed by atoms with Crippen LogP contribution in [-0.4, -0.2) is 31.5 Å². The van der Waals surface area contributed by atoms with E-state index < -0.39 is 6.10 Å². The molecule has 1 aromatic rings. The number of aliphatic hydroxyl groups is 1. The number of hydrogen-bond acceptors (Lipinski definition) is 3. The predicted octanol–water partition coefficient (Wildman–Crippen LogP) is 2.16. The van der Waals surface area contributed by atoms with Gasteiger partial charge in [0.25, 0.3) is 0 Å². The topological polar surface area (TPSA) is 38.7 Å². The van der Waals surface area contributed by atoms with Gasteiger partial charge in [-0.2, -0.15) is 0 Å². The first-order valence-electron chi connectivity index (χ1n) is 6.29. The van der Waals surface area contributed by atoms with Crippen molar-refractivity contribution < 1.29 is 19.0 Å². The van der Waals surface area contributed by atoms with Gasteiger partial charge in [-0.25, -0.2) is 4.39 Å². The second-order valence-electron chi connectivity index (χ2n) is 4.68. The van der Waals surface area contributed by atoms with E-state index >= 15 is 0 Å². The van der Waals surface area contributed by atoms with Gasteiger partial charge in [-0.3, -0.25) is 0 Å². The van der Waals surface area contributed by atoms with E-state index in [-0.39, 0.29) is 17.5 Å². The summed E-state index contributed by atoms with van der Waals surface area (Å²) in [6.07, 6.45) is 1.64. The molecule has 1 aliphatic heterocycles. The van der Waals surface area contributed by atoms with Crippen LogP contribution in [0.4, 0.5) is 4.39 Å². The first kappa shape index (κ1) is 13.3. The minimum atomic E-state index is -0.563. The maximum atomic E-state index is 13.9. The molecule has 0 bridgehead atoms. The summed E-state index contributed by atoms with van der Waals surface area (Å²) in [5.41, 5.74) is 0.493. The van der Waals surface area contributed by atoms with Crippen LogP contribution in [-0.2, 0) is 11.2 Å². The van der Waals surface area contributed by atoms with Gasteiger partial charge in [0.05, 0.1) is 19.8 Å². The lowest BCUT2D eigenvalue weighted by Crippen LogP contribution is -2.30. The summed E-state index contributed by atoms with van der Waals surface area (Å²) in [4.78, 5) is 0.